The topological polar surface area (TPSA) is 63.7 Å². The number of nitrogens with zero attached hydrogens (tertiary/aromatic N) is 2. The fourth-order valence-electron chi connectivity index (χ4n) is 3.19. The molecule has 1 aromatic heterocycles. The number of carbonyl (C=O) groups excluding carboxylic acids is 1. The molecule has 1 saturated heterocycles. The summed E-state index contributed by atoms with van der Waals surface area (Å²) < 4.78 is 10.7. The number of aromatic nitrogens is 1. The fourth-order valence-corrected chi connectivity index (χ4v) is 3.19. The van der Waals surface area contributed by atoms with Crippen LogP contribution >= 0.6 is 0 Å². The molecule has 1 aromatic carbocycles. The maximum absolute atomic E-state index is 12.6. The molecule has 6 heteroatoms. The minimum Gasteiger partial charge on any atom is -0.493 e. The van der Waals surface area contributed by atoms with Gasteiger partial charge in [-0.15, -0.1) is 0 Å². The van der Waals surface area contributed by atoms with Crippen LogP contribution < -0.4 is 14.8 Å². The summed E-state index contributed by atoms with van der Waals surface area (Å²) in [5.74, 6) is 1.37. The van der Waals surface area contributed by atoms with E-state index in [-0.39, 0.29) is 12.1 Å². The van der Waals surface area contributed by atoms with Gasteiger partial charge < -0.3 is 19.7 Å². The fraction of sp³-hybridized carbons (Fsp3) is 0.368. The van der Waals surface area contributed by atoms with E-state index in [1.54, 1.807) is 20.4 Å². The number of hydrogen-bond donors (Lipinski definition) is 1. The zero-order chi connectivity index (χ0) is 17.6. The summed E-state index contributed by atoms with van der Waals surface area (Å²) in [6.07, 6.45) is 3.65. The first-order valence-electron chi connectivity index (χ1n) is 8.39. The first-order valence-corrected chi connectivity index (χ1v) is 8.39. The molecule has 0 bridgehead atoms. The van der Waals surface area contributed by atoms with Gasteiger partial charge in [-0.1, -0.05) is 12.1 Å². The van der Waals surface area contributed by atoms with Gasteiger partial charge in [0.15, 0.2) is 11.5 Å². The largest absolute Gasteiger partial charge is 0.493 e. The van der Waals surface area contributed by atoms with Gasteiger partial charge in [-0.25, -0.2) is 4.79 Å². The van der Waals surface area contributed by atoms with Crippen LogP contribution in [0, 0.1) is 0 Å². The molecule has 132 valence electrons. The molecule has 1 aliphatic rings. The number of nitrogens with one attached hydrogen (secondary N) is 1. The number of methoxy groups -OCH3 is 2. The van der Waals surface area contributed by atoms with E-state index in [2.05, 4.69) is 10.3 Å². The van der Waals surface area contributed by atoms with Gasteiger partial charge in [0.1, 0.15) is 0 Å². The van der Waals surface area contributed by atoms with E-state index in [0.717, 1.165) is 30.6 Å². The SMILES string of the molecule is COc1ccc([C@@H]2CCCN2C(=O)NCc2ccccn2)cc1OC. The molecular weight excluding hydrogens is 318 g/mol. The quantitative estimate of drug-likeness (QED) is 0.907. The standard InChI is InChI=1S/C19H23N3O3/c1-24-17-9-8-14(12-18(17)25-2)16-7-5-11-22(16)19(23)21-13-15-6-3-4-10-20-15/h3-4,6,8-10,12,16H,5,7,11,13H2,1-2H3,(H,21,23)/t16-/m0/s1. The van der Waals surface area contributed by atoms with Crippen molar-refractivity contribution >= 4 is 6.03 Å². The number of likely N-dealkylation sites (tertiary alicyclic amines) is 1. The minimum atomic E-state index is -0.0667. The van der Waals surface area contributed by atoms with Crippen molar-refractivity contribution in [2.24, 2.45) is 0 Å². The zero-order valence-electron chi connectivity index (χ0n) is 14.6. The third kappa shape index (κ3) is 3.84. The van der Waals surface area contributed by atoms with Gasteiger partial charge in [0, 0.05) is 12.7 Å². The van der Waals surface area contributed by atoms with Crippen LogP contribution in [-0.2, 0) is 6.54 Å². The maximum atomic E-state index is 12.6. The van der Waals surface area contributed by atoms with E-state index in [0.29, 0.717) is 18.0 Å². The van der Waals surface area contributed by atoms with Crippen LogP contribution in [-0.4, -0.2) is 36.7 Å². The van der Waals surface area contributed by atoms with Crippen LogP contribution in [0.25, 0.3) is 0 Å². The summed E-state index contributed by atoms with van der Waals surface area (Å²) in [7, 11) is 3.23. The second-order valence-corrected chi connectivity index (χ2v) is 5.95. The van der Waals surface area contributed by atoms with Gasteiger partial charge in [0.05, 0.1) is 32.5 Å². The van der Waals surface area contributed by atoms with Crippen molar-refractivity contribution in [2.75, 3.05) is 20.8 Å². The Kier molecular flexibility index (Phi) is 5.38. The highest BCUT2D eigenvalue weighted by Crippen LogP contribution is 2.36. The average molecular weight is 341 g/mol. The summed E-state index contributed by atoms with van der Waals surface area (Å²) in [5, 5.41) is 2.96. The van der Waals surface area contributed by atoms with Crippen LogP contribution in [0.2, 0.25) is 0 Å². The number of carbonyl (C=O) groups is 1. The lowest BCUT2D eigenvalue weighted by Crippen LogP contribution is -2.39. The van der Waals surface area contributed by atoms with Crippen LogP contribution in [0.3, 0.4) is 0 Å². The smallest absolute Gasteiger partial charge is 0.318 e. The summed E-state index contributed by atoms with van der Waals surface area (Å²) >= 11 is 0. The Balaban J connectivity index is 1.70. The zero-order valence-corrected chi connectivity index (χ0v) is 14.6. The number of pyridine rings is 1. The minimum absolute atomic E-state index is 0.0449. The molecule has 0 aliphatic carbocycles. The molecule has 0 saturated carbocycles. The van der Waals surface area contributed by atoms with Crippen LogP contribution in [0.5, 0.6) is 11.5 Å². The number of ether oxygens (including phenoxy) is 2. The van der Waals surface area contributed by atoms with E-state index in [1.807, 2.05) is 41.3 Å². The van der Waals surface area contributed by atoms with Crippen LogP contribution in [0.15, 0.2) is 42.6 Å². The monoisotopic (exact) mass is 341 g/mol. The van der Waals surface area contributed by atoms with Crippen molar-refractivity contribution in [2.45, 2.75) is 25.4 Å². The number of urea groups is 1. The summed E-state index contributed by atoms with van der Waals surface area (Å²) in [4.78, 5) is 18.7. The van der Waals surface area contributed by atoms with Gasteiger partial charge in [0.25, 0.3) is 0 Å². The summed E-state index contributed by atoms with van der Waals surface area (Å²) in [6, 6.07) is 11.5. The highest BCUT2D eigenvalue weighted by Gasteiger charge is 2.30. The summed E-state index contributed by atoms with van der Waals surface area (Å²) in [6.45, 7) is 1.17. The number of benzene rings is 1. The molecule has 0 unspecified atom stereocenters. The molecule has 3 rings (SSSR count). The Labute approximate surface area is 147 Å². The van der Waals surface area contributed by atoms with Gasteiger partial charge in [0.2, 0.25) is 0 Å². The lowest BCUT2D eigenvalue weighted by molar-refractivity contribution is 0.192. The van der Waals surface area contributed by atoms with E-state index in [9.17, 15) is 4.79 Å². The molecule has 0 radical (unpaired) electrons. The van der Waals surface area contributed by atoms with E-state index >= 15 is 0 Å². The lowest BCUT2D eigenvalue weighted by Gasteiger charge is -2.26. The predicted molar refractivity (Wildman–Crippen MR) is 94.7 cm³/mol. The number of hydrogen-bond acceptors (Lipinski definition) is 4. The third-order valence-electron chi connectivity index (χ3n) is 4.45. The van der Waals surface area contributed by atoms with Crippen molar-refractivity contribution in [3.8, 4) is 11.5 Å². The molecule has 1 atom stereocenters. The Morgan fingerprint density at radius 2 is 2.08 bits per heavy atom. The Morgan fingerprint density at radius 1 is 1.24 bits per heavy atom. The van der Waals surface area contributed by atoms with Crippen LogP contribution in [0.4, 0.5) is 4.79 Å². The van der Waals surface area contributed by atoms with E-state index < -0.39 is 0 Å². The molecule has 1 aliphatic heterocycles. The Bertz CT molecular complexity index is 721. The van der Waals surface area contributed by atoms with Gasteiger partial charge >= 0.3 is 6.03 Å². The molecule has 1 N–H and O–H groups in total. The second-order valence-electron chi connectivity index (χ2n) is 5.95. The molecule has 2 amide bonds. The Morgan fingerprint density at radius 3 is 2.80 bits per heavy atom. The van der Waals surface area contributed by atoms with Crippen molar-refractivity contribution in [3.63, 3.8) is 0 Å². The second kappa shape index (κ2) is 7.88. The molecule has 2 aromatic rings. The van der Waals surface area contributed by atoms with Crippen molar-refractivity contribution in [3.05, 3.63) is 53.9 Å². The van der Waals surface area contributed by atoms with Crippen molar-refractivity contribution in [1.82, 2.24) is 15.2 Å². The predicted octanol–water partition coefficient (Wildman–Crippen LogP) is 3.15. The molecule has 6 nitrogen and oxygen atoms in total. The van der Waals surface area contributed by atoms with E-state index in [1.165, 1.54) is 0 Å². The first kappa shape index (κ1) is 17.1. The highest BCUT2D eigenvalue weighted by molar-refractivity contribution is 5.75. The highest BCUT2D eigenvalue weighted by atomic mass is 16.5. The molecule has 25 heavy (non-hydrogen) atoms. The number of rotatable bonds is 5. The number of amides is 2. The first-order chi connectivity index (χ1) is 12.2. The van der Waals surface area contributed by atoms with Crippen molar-refractivity contribution in [1.29, 1.82) is 0 Å². The third-order valence-corrected chi connectivity index (χ3v) is 4.45. The summed E-state index contributed by atoms with van der Waals surface area (Å²) in [5.41, 5.74) is 1.90. The van der Waals surface area contributed by atoms with Gasteiger partial charge in [-0.05, 0) is 42.7 Å². The molecule has 1 fully saturated rings. The van der Waals surface area contributed by atoms with Gasteiger partial charge in [-0.3, -0.25) is 4.98 Å². The normalized spacial score (nSPS) is 16.6. The van der Waals surface area contributed by atoms with Crippen molar-refractivity contribution < 1.29 is 14.3 Å². The van der Waals surface area contributed by atoms with Gasteiger partial charge in [-0.2, -0.15) is 0 Å². The van der Waals surface area contributed by atoms with E-state index in [4.69, 9.17) is 9.47 Å². The van der Waals surface area contributed by atoms with Crippen LogP contribution in [0.1, 0.15) is 30.1 Å². The molecular formula is C19H23N3O3. The maximum Gasteiger partial charge on any atom is 0.318 e. The molecule has 0 spiro atoms. The lowest BCUT2D eigenvalue weighted by atomic mass is 10.0. The average Bonchev–Trinajstić information content (AvgIpc) is 3.16. The Hall–Kier alpha value is -2.76. The molecule has 2 heterocycles.